The molecule has 3 fully saturated rings. The summed E-state index contributed by atoms with van der Waals surface area (Å²) in [5.74, 6) is 1.73. The molecule has 76 valence electrons. The van der Waals surface area contributed by atoms with Crippen LogP contribution in [0.15, 0.2) is 0 Å². The van der Waals surface area contributed by atoms with Crippen LogP contribution in [-0.4, -0.2) is 30.1 Å². The summed E-state index contributed by atoms with van der Waals surface area (Å²) in [7, 11) is 0. The predicted octanol–water partition coefficient (Wildman–Crippen LogP) is 1.45. The van der Waals surface area contributed by atoms with E-state index in [0.717, 1.165) is 30.5 Å². The van der Waals surface area contributed by atoms with Crippen LogP contribution in [0.4, 0.5) is 0 Å². The second kappa shape index (κ2) is 3.58. The monoisotopic (exact) mass is 182 g/mol. The Morgan fingerprint density at radius 3 is 2.62 bits per heavy atom. The Labute approximate surface area is 81.5 Å². The van der Waals surface area contributed by atoms with Crippen molar-refractivity contribution in [2.75, 3.05) is 13.1 Å². The summed E-state index contributed by atoms with van der Waals surface area (Å²) in [6.45, 7) is 6.85. The molecule has 2 saturated heterocycles. The first-order chi connectivity index (χ1) is 6.22. The molecular weight excluding hydrogens is 160 g/mol. The van der Waals surface area contributed by atoms with Crippen molar-refractivity contribution in [2.24, 2.45) is 17.6 Å². The van der Waals surface area contributed by atoms with Crippen LogP contribution in [0.3, 0.4) is 0 Å². The van der Waals surface area contributed by atoms with E-state index >= 15 is 0 Å². The minimum absolute atomic E-state index is 0.728. The van der Waals surface area contributed by atoms with Crippen molar-refractivity contribution >= 4 is 0 Å². The number of fused-ring (bicyclic) bond motifs is 3. The quantitative estimate of drug-likeness (QED) is 0.700. The summed E-state index contributed by atoms with van der Waals surface area (Å²) in [5.41, 5.74) is 5.79. The zero-order valence-corrected chi connectivity index (χ0v) is 8.87. The summed E-state index contributed by atoms with van der Waals surface area (Å²) in [6, 6.07) is 1.57. The lowest BCUT2D eigenvalue weighted by molar-refractivity contribution is -0.0109. The van der Waals surface area contributed by atoms with Crippen LogP contribution in [-0.2, 0) is 0 Å². The fourth-order valence-corrected chi connectivity index (χ4v) is 3.18. The molecule has 2 N–H and O–H groups in total. The van der Waals surface area contributed by atoms with E-state index in [2.05, 4.69) is 18.7 Å². The summed E-state index contributed by atoms with van der Waals surface area (Å²) >= 11 is 0. The van der Waals surface area contributed by atoms with Gasteiger partial charge in [0.1, 0.15) is 0 Å². The molecule has 3 aliphatic rings. The second-order valence-electron chi connectivity index (χ2n) is 5.01. The van der Waals surface area contributed by atoms with Crippen LogP contribution >= 0.6 is 0 Å². The number of piperidine rings is 2. The summed E-state index contributed by atoms with van der Waals surface area (Å²) in [6.07, 6.45) is 4.20. The van der Waals surface area contributed by atoms with E-state index in [1.54, 1.807) is 0 Å². The van der Waals surface area contributed by atoms with Gasteiger partial charge in [-0.05, 0) is 51.5 Å². The van der Waals surface area contributed by atoms with E-state index in [1.165, 1.54) is 25.8 Å². The van der Waals surface area contributed by atoms with Gasteiger partial charge in [-0.1, -0.05) is 0 Å². The van der Waals surface area contributed by atoms with Gasteiger partial charge in [0.15, 0.2) is 0 Å². The Kier molecular flexibility index (Phi) is 2.61. The van der Waals surface area contributed by atoms with Gasteiger partial charge in [-0.25, -0.2) is 0 Å². The topological polar surface area (TPSA) is 29.3 Å². The van der Waals surface area contributed by atoms with Gasteiger partial charge in [-0.2, -0.15) is 0 Å². The lowest BCUT2D eigenvalue weighted by Gasteiger charge is -2.51. The van der Waals surface area contributed by atoms with E-state index < -0.39 is 0 Å². The van der Waals surface area contributed by atoms with Crippen molar-refractivity contribution in [3.8, 4) is 0 Å². The van der Waals surface area contributed by atoms with Crippen molar-refractivity contribution in [1.29, 1.82) is 0 Å². The maximum atomic E-state index is 5.79. The van der Waals surface area contributed by atoms with Crippen LogP contribution in [0, 0.1) is 11.8 Å². The van der Waals surface area contributed by atoms with Crippen molar-refractivity contribution in [3.05, 3.63) is 0 Å². The number of hydrogen-bond donors (Lipinski definition) is 1. The highest BCUT2D eigenvalue weighted by Crippen LogP contribution is 2.39. The highest BCUT2D eigenvalue weighted by molar-refractivity contribution is 4.94. The van der Waals surface area contributed by atoms with E-state index in [9.17, 15) is 0 Å². The maximum absolute atomic E-state index is 5.79. The molecular formula is C11H22N2. The smallest absolute Gasteiger partial charge is 0.0101 e. The van der Waals surface area contributed by atoms with Gasteiger partial charge in [0.25, 0.3) is 0 Å². The standard InChI is InChI=1S/C11H22N2/c1-8(2)13-7-9-3-4-11(13)5-10(9)6-12/h8-11H,3-7,12H2,1-2H3. The minimum atomic E-state index is 0.728. The van der Waals surface area contributed by atoms with E-state index in [1.807, 2.05) is 0 Å². The summed E-state index contributed by atoms with van der Waals surface area (Å²) < 4.78 is 0. The molecule has 3 rings (SSSR count). The van der Waals surface area contributed by atoms with Crippen LogP contribution in [0.2, 0.25) is 0 Å². The molecule has 1 saturated carbocycles. The molecule has 2 heteroatoms. The lowest BCUT2D eigenvalue weighted by atomic mass is 9.71. The normalized spacial score (nSPS) is 40.2. The second-order valence-corrected chi connectivity index (χ2v) is 5.01. The average Bonchev–Trinajstić information content (AvgIpc) is 2.18. The van der Waals surface area contributed by atoms with Crippen molar-refractivity contribution in [2.45, 2.75) is 45.2 Å². The van der Waals surface area contributed by atoms with Crippen LogP contribution < -0.4 is 5.73 Å². The molecule has 0 spiro atoms. The maximum Gasteiger partial charge on any atom is 0.0101 e. The molecule has 0 radical (unpaired) electrons. The molecule has 0 amide bonds. The third-order valence-electron chi connectivity index (χ3n) is 3.99. The number of nitrogens with zero attached hydrogens (tertiary/aromatic N) is 1. The average molecular weight is 182 g/mol. The Morgan fingerprint density at radius 2 is 2.15 bits per heavy atom. The van der Waals surface area contributed by atoms with Crippen molar-refractivity contribution in [3.63, 3.8) is 0 Å². The molecule has 3 unspecified atom stereocenters. The molecule has 0 aromatic rings. The fourth-order valence-electron chi connectivity index (χ4n) is 3.18. The van der Waals surface area contributed by atoms with Gasteiger partial charge in [-0.15, -0.1) is 0 Å². The molecule has 2 bridgehead atoms. The Bertz CT molecular complexity index is 179. The molecule has 1 aliphatic carbocycles. The molecule has 2 heterocycles. The SMILES string of the molecule is CC(C)N1CC2CCC1CC2CN. The first-order valence-electron chi connectivity index (χ1n) is 5.68. The van der Waals surface area contributed by atoms with Gasteiger partial charge in [0.05, 0.1) is 0 Å². The molecule has 3 atom stereocenters. The molecule has 13 heavy (non-hydrogen) atoms. The van der Waals surface area contributed by atoms with Crippen molar-refractivity contribution < 1.29 is 0 Å². The van der Waals surface area contributed by atoms with Gasteiger partial charge in [0, 0.05) is 18.6 Å². The highest BCUT2D eigenvalue weighted by atomic mass is 15.2. The Balaban J connectivity index is 2.03. The van der Waals surface area contributed by atoms with Gasteiger partial charge >= 0.3 is 0 Å². The van der Waals surface area contributed by atoms with Gasteiger partial charge < -0.3 is 5.73 Å². The molecule has 0 aromatic carbocycles. The summed E-state index contributed by atoms with van der Waals surface area (Å²) in [4.78, 5) is 2.68. The minimum Gasteiger partial charge on any atom is -0.330 e. The molecule has 2 nitrogen and oxygen atoms in total. The van der Waals surface area contributed by atoms with E-state index in [-0.39, 0.29) is 0 Å². The van der Waals surface area contributed by atoms with Gasteiger partial charge in [-0.3, -0.25) is 4.90 Å². The largest absolute Gasteiger partial charge is 0.330 e. The Morgan fingerprint density at radius 1 is 1.38 bits per heavy atom. The first-order valence-corrected chi connectivity index (χ1v) is 5.68. The van der Waals surface area contributed by atoms with E-state index in [0.29, 0.717) is 0 Å². The number of rotatable bonds is 2. The van der Waals surface area contributed by atoms with E-state index in [4.69, 9.17) is 5.73 Å². The highest BCUT2D eigenvalue weighted by Gasteiger charge is 2.40. The Hall–Kier alpha value is -0.0800. The third-order valence-corrected chi connectivity index (χ3v) is 3.99. The molecule has 2 aliphatic heterocycles. The van der Waals surface area contributed by atoms with Crippen LogP contribution in [0.1, 0.15) is 33.1 Å². The van der Waals surface area contributed by atoms with Gasteiger partial charge in [0.2, 0.25) is 0 Å². The fraction of sp³-hybridized carbons (Fsp3) is 1.00. The van der Waals surface area contributed by atoms with Crippen molar-refractivity contribution in [1.82, 2.24) is 4.90 Å². The summed E-state index contributed by atoms with van der Waals surface area (Å²) in [5, 5.41) is 0. The lowest BCUT2D eigenvalue weighted by Crippen LogP contribution is -2.55. The number of nitrogens with two attached hydrogens (primary N) is 1. The van der Waals surface area contributed by atoms with Crippen LogP contribution in [0.5, 0.6) is 0 Å². The predicted molar refractivity (Wildman–Crippen MR) is 55.5 cm³/mol. The molecule has 0 aromatic heterocycles. The number of hydrogen-bond acceptors (Lipinski definition) is 2. The first kappa shape index (κ1) is 9.47. The zero-order valence-electron chi connectivity index (χ0n) is 8.87. The zero-order chi connectivity index (χ0) is 9.42. The van der Waals surface area contributed by atoms with Crippen LogP contribution in [0.25, 0.3) is 0 Å². The third kappa shape index (κ3) is 1.62.